The first-order chi connectivity index (χ1) is 18.4. The molecule has 3 aromatic rings. The van der Waals surface area contributed by atoms with E-state index in [1.165, 1.54) is 9.80 Å². The van der Waals surface area contributed by atoms with Crippen LogP contribution in [0.5, 0.6) is 5.75 Å². The molecule has 0 saturated carbocycles. The normalized spacial score (nSPS) is 16.2. The lowest BCUT2D eigenvalue weighted by molar-refractivity contribution is -0.143. The van der Waals surface area contributed by atoms with E-state index in [1.54, 1.807) is 60.7 Å². The third-order valence-corrected chi connectivity index (χ3v) is 6.35. The molecule has 0 radical (unpaired) electrons. The van der Waals surface area contributed by atoms with E-state index in [2.05, 4.69) is 0 Å². The maximum Gasteiger partial charge on any atom is 0.416 e. The van der Waals surface area contributed by atoms with Gasteiger partial charge in [-0.05, 0) is 42.3 Å². The van der Waals surface area contributed by atoms with Crippen molar-refractivity contribution in [1.82, 2.24) is 9.80 Å². The number of hydrogen-bond donors (Lipinski definition) is 0. The van der Waals surface area contributed by atoms with Crippen LogP contribution in [0.2, 0.25) is 0 Å². The van der Waals surface area contributed by atoms with Crippen molar-refractivity contribution in [1.29, 1.82) is 0 Å². The summed E-state index contributed by atoms with van der Waals surface area (Å²) in [7, 11) is 0. The Morgan fingerprint density at radius 3 is 1.92 bits per heavy atom. The van der Waals surface area contributed by atoms with Crippen LogP contribution >= 0.6 is 0 Å². The van der Waals surface area contributed by atoms with Gasteiger partial charge in [-0.15, -0.1) is 0 Å². The minimum absolute atomic E-state index is 0.0123. The Morgan fingerprint density at radius 2 is 1.36 bits per heavy atom. The lowest BCUT2D eigenvalue weighted by Gasteiger charge is -2.41. The van der Waals surface area contributed by atoms with Crippen LogP contribution in [-0.4, -0.2) is 53.9 Å². The molecule has 39 heavy (non-hydrogen) atoms. The Morgan fingerprint density at radius 1 is 0.795 bits per heavy atom. The molecule has 206 valence electrons. The molecule has 0 aromatic heterocycles. The highest BCUT2D eigenvalue weighted by molar-refractivity contribution is 5.95. The molecule has 1 aliphatic heterocycles. The smallest absolute Gasteiger partial charge is 0.416 e. The molecule has 5 nitrogen and oxygen atoms in total. The zero-order valence-corrected chi connectivity index (χ0v) is 20.5. The van der Waals surface area contributed by atoms with Gasteiger partial charge in [0.2, 0.25) is 0 Å². The molecule has 2 amide bonds. The highest BCUT2D eigenvalue weighted by Gasteiger charge is 2.39. The molecular formula is C28H24F6N2O3. The van der Waals surface area contributed by atoms with Crippen molar-refractivity contribution in [2.75, 3.05) is 26.2 Å². The fourth-order valence-corrected chi connectivity index (χ4v) is 4.41. The first kappa shape index (κ1) is 28.0. The quantitative estimate of drug-likeness (QED) is 0.370. The highest BCUT2D eigenvalue weighted by Crippen LogP contribution is 2.37. The largest absolute Gasteiger partial charge is 0.484 e. The van der Waals surface area contributed by atoms with Gasteiger partial charge in [-0.3, -0.25) is 9.59 Å². The Labute approximate surface area is 220 Å². The maximum atomic E-state index is 13.4. The van der Waals surface area contributed by atoms with E-state index in [0.717, 1.165) is 5.56 Å². The van der Waals surface area contributed by atoms with Crippen LogP contribution < -0.4 is 4.74 Å². The van der Waals surface area contributed by atoms with Gasteiger partial charge in [-0.2, -0.15) is 26.3 Å². The second kappa shape index (κ2) is 11.4. The van der Waals surface area contributed by atoms with Crippen molar-refractivity contribution in [2.45, 2.75) is 24.8 Å². The van der Waals surface area contributed by atoms with Crippen LogP contribution in [0.25, 0.3) is 0 Å². The minimum atomic E-state index is -5.08. The number of alkyl halides is 6. The van der Waals surface area contributed by atoms with Crippen molar-refractivity contribution in [3.05, 3.63) is 101 Å². The molecule has 0 aliphatic carbocycles. The van der Waals surface area contributed by atoms with Gasteiger partial charge in [0.25, 0.3) is 11.8 Å². The summed E-state index contributed by atoms with van der Waals surface area (Å²) in [6.45, 7) is -0.272. The number of carbonyl (C=O) groups excluding carboxylic acids is 2. The molecule has 3 aromatic carbocycles. The standard InChI is InChI=1S/C28H24F6N2O3/c29-27(30,31)21-14-20(15-22(16-21)28(32,33)34)26(38)36-12-11-35(17-23(36)13-19-7-3-1-4-8-19)25(37)18-39-24-9-5-2-6-10-24/h1-10,14-16,23H,11-13,17-18H2/t23-/m1/s1. The number of hydrogen-bond acceptors (Lipinski definition) is 3. The topological polar surface area (TPSA) is 49.9 Å². The zero-order valence-electron chi connectivity index (χ0n) is 20.5. The van der Waals surface area contributed by atoms with Gasteiger partial charge in [0.1, 0.15) is 5.75 Å². The predicted molar refractivity (Wildman–Crippen MR) is 130 cm³/mol. The summed E-state index contributed by atoms with van der Waals surface area (Å²) < 4.78 is 85.9. The molecule has 1 atom stereocenters. The molecule has 1 saturated heterocycles. The molecule has 1 aliphatic rings. The van der Waals surface area contributed by atoms with Crippen molar-refractivity contribution in [3.63, 3.8) is 0 Å². The van der Waals surface area contributed by atoms with Gasteiger partial charge in [0.15, 0.2) is 6.61 Å². The molecule has 0 unspecified atom stereocenters. The van der Waals surface area contributed by atoms with E-state index in [-0.39, 0.29) is 44.6 Å². The number of carbonyl (C=O) groups is 2. The number of rotatable bonds is 6. The Balaban J connectivity index is 1.59. The van der Waals surface area contributed by atoms with E-state index in [4.69, 9.17) is 4.74 Å². The SMILES string of the molecule is O=C(COc1ccccc1)N1CCN(C(=O)c2cc(C(F)(F)F)cc(C(F)(F)F)c2)[C@H](Cc2ccccc2)C1. The third-order valence-electron chi connectivity index (χ3n) is 6.35. The zero-order chi connectivity index (χ0) is 28.2. The lowest BCUT2D eigenvalue weighted by Crippen LogP contribution is -2.58. The van der Waals surface area contributed by atoms with Gasteiger partial charge in [0.05, 0.1) is 17.2 Å². The first-order valence-electron chi connectivity index (χ1n) is 12.0. The molecule has 11 heteroatoms. The fraction of sp³-hybridized carbons (Fsp3) is 0.286. The Kier molecular flexibility index (Phi) is 8.17. The van der Waals surface area contributed by atoms with E-state index in [9.17, 15) is 35.9 Å². The molecule has 4 rings (SSSR count). The molecule has 0 N–H and O–H groups in total. The Hall–Kier alpha value is -4.02. The number of halogens is 6. The monoisotopic (exact) mass is 550 g/mol. The molecule has 0 spiro atoms. The van der Waals surface area contributed by atoms with Crippen LogP contribution in [-0.2, 0) is 23.6 Å². The van der Waals surface area contributed by atoms with Crippen LogP contribution in [0.1, 0.15) is 27.0 Å². The maximum absolute atomic E-state index is 13.4. The Bertz CT molecular complexity index is 1260. The molecule has 1 fully saturated rings. The van der Waals surface area contributed by atoms with Crippen molar-refractivity contribution < 1.29 is 40.7 Å². The molecule has 0 bridgehead atoms. The highest BCUT2D eigenvalue weighted by atomic mass is 19.4. The number of para-hydroxylation sites is 1. The molecular weight excluding hydrogens is 526 g/mol. The number of nitrogens with zero attached hydrogens (tertiary/aromatic N) is 2. The lowest BCUT2D eigenvalue weighted by atomic mass is 9.99. The van der Waals surface area contributed by atoms with Crippen LogP contribution in [0.3, 0.4) is 0 Å². The summed E-state index contributed by atoms with van der Waals surface area (Å²) in [6.07, 6.45) is -9.92. The van der Waals surface area contributed by atoms with Gasteiger partial charge >= 0.3 is 12.4 Å². The van der Waals surface area contributed by atoms with E-state index < -0.39 is 41.0 Å². The van der Waals surface area contributed by atoms with Gasteiger partial charge in [-0.1, -0.05) is 48.5 Å². The summed E-state index contributed by atoms with van der Waals surface area (Å²) in [5.74, 6) is -0.840. The van der Waals surface area contributed by atoms with Gasteiger partial charge in [0, 0.05) is 25.2 Å². The van der Waals surface area contributed by atoms with Gasteiger partial charge < -0.3 is 14.5 Å². The van der Waals surface area contributed by atoms with Crippen molar-refractivity contribution >= 4 is 11.8 Å². The van der Waals surface area contributed by atoms with Crippen LogP contribution in [0, 0.1) is 0 Å². The number of benzene rings is 3. The van der Waals surface area contributed by atoms with Crippen molar-refractivity contribution in [2.24, 2.45) is 0 Å². The average molecular weight is 550 g/mol. The number of piperazine rings is 1. The van der Waals surface area contributed by atoms with E-state index in [1.807, 2.05) is 0 Å². The number of ether oxygens (including phenoxy) is 1. The van der Waals surface area contributed by atoms with E-state index >= 15 is 0 Å². The average Bonchev–Trinajstić information content (AvgIpc) is 2.91. The second-order valence-electron chi connectivity index (χ2n) is 9.08. The third kappa shape index (κ3) is 7.10. The van der Waals surface area contributed by atoms with Crippen molar-refractivity contribution in [3.8, 4) is 5.75 Å². The second-order valence-corrected chi connectivity index (χ2v) is 9.08. The van der Waals surface area contributed by atoms with Crippen LogP contribution in [0.4, 0.5) is 26.3 Å². The summed E-state index contributed by atoms with van der Waals surface area (Å²) in [4.78, 5) is 29.0. The first-order valence-corrected chi connectivity index (χ1v) is 12.0. The number of amides is 2. The van der Waals surface area contributed by atoms with Crippen LogP contribution in [0.15, 0.2) is 78.9 Å². The summed E-state index contributed by atoms with van der Waals surface area (Å²) >= 11 is 0. The summed E-state index contributed by atoms with van der Waals surface area (Å²) in [5.41, 5.74) is -3.06. The fourth-order valence-electron chi connectivity index (χ4n) is 4.41. The summed E-state index contributed by atoms with van der Waals surface area (Å²) in [6, 6.07) is 17.7. The van der Waals surface area contributed by atoms with Gasteiger partial charge in [-0.25, -0.2) is 0 Å². The minimum Gasteiger partial charge on any atom is -0.484 e. The summed E-state index contributed by atoms with van der Waals surface area (Å²) in [5, 5.41) is 0. The van der Waals surface area contributed by atoms with E-state index in [0.29, 0.717) is 17.9 Å². The molecule has 1 heterocycles. The predicted octanol–water partition coefficient (Wildman–Crippen LogP) is 5.70.